The van der Waals surface area contributed by atoms with E-state index in [1.165, 1.54) is 0 Å². The average molecular weight is 373 g/mol. The van der Waals surface area contributed by atoms with Crippen LogP contribution in [0.15, 0.2) is 48.5 Å². The highest BCUT2D eigenvalue weighted by atomic mass is 32.1. The van der Waals surface area contributed by atoms with Gasteiger partial charge in [0.2, 0.25) is 0 Å². The lowest BCUT2D eigenvalue weighted by molar-refractivity contribution is 0.0944. The SMILES string of the molecule is COc1ccc(C(=O)NC(=S)Nc2ccccc2C(=O)NCCO)cc1. The first-order valence-electron chi connectivity index (χ1n) is 7.79. The lowest BCUT2D eigenvalue weighted by atomic mass is 10.1. The van der Waals surface area contributed by atoms with Crippen LogP contribution in [0.5, 0.6) is 5.75 Å². The number of aliphatic hydroxyl groups excluding tert-OH is 1. The zero-order chi connectivity index (χ0) is 18.9. The van der Waals surface area contributed by atoms with Crippen LogP contribution in [0.3, 0.4) is 0 Å². The van der Waals surface area contributed by atoms with Gasteiger partial charge in [-0.2, -0.15) is 0 Å². The maximum atomic E-state index is 12.2. The molecule has 136 valence electrons. The van der Waals surface area contributed by atoms with Gasteiger partial charge in [0.15, 0.2) is 5.11 Å². The number of benzene rings is 2. The minimum Gasteiger partial charge on any atom is -0.497 e. The topological polar surface area (TPSA) is 99.7 Å². The number of anilines is 1. The van der Waals surface area contributed by atoms with Crippen molar-refractivity contribution in [3.63, 3.8) is 0 Å². The van der Waals surface area contributed by atoms with Crippen LogP contribution in [0, 0.1) is 0 Å². The Bertz CT molecular complexity index is 793. The molecular weight excluding hydrogens is 354 g/mol. The fraction of sp³-hybridized carbons (Fsp3) is 0.167. The Morgan fingerprint density at radius 3 is 2.42 bits per heavy atom. The molecule has 0 atom stereocenters. The van der Waals surface area contributed by atoms with Crippen LogP contribution in [0.1, 0.15) is 20.7 Å². The number of aliphatic hydroxyl groups is 1. The van der Waals surface area contributed by atoms with Crippen molar-refractivity contribution in [2.75, 3.05) is 25.6 Å². The smallest absolute Gasteiger partial charge is 0.257 e. The maximum Gasteiger partial charge on any atom is 0.257 e. The molecule has 0 spiro atoms. The molecule has 4 N–H and O–H groups in total. The quantitative estimate of drug-likeness (QED) is 0.574. The Balaban J connectivity index is 2.03. The van der Waals surface area contributed by atoms with Crippen LogP contribution in [0.4, 0.5) is 5.69 Å². The monoisotopic (exact) mass is 373 g/mol. The van der Waals surface area contributed by atoms with E-state index in [4.69, 9.17) is 22.1 Å². The van der Waals surface area contributed by atoms with Gasteiger partial charge < -0.3 is 20.5 Å². The van der Waals surface area contributed by atoms with Gasteiger partial charge in [-0.15, -0.1) is 0 Å². The third-order valence-electron chi connectivity index (χ3n) is 3.40. The number of carbonyl (C=O) groups excluding carboxylic acids is 2. The molecule has 0 bridgehead atoms. The third kappa shape index (κ3) is 5.27. The fourth-order valence-corrected chi connectivity index (χ4v) is 2.33. The normalized spacial score (nSPS) is 9.92. The number of nitrogens with one attached hydrogen (secondary N) is 3. The highest BCUT2D eigenvalue weighted by molar-refractivity contribution is 7.80. The molecule has 0 aliphatic carbocycles. The van der Waals surface area contributed by atoms with Crippen molar-refractivity contribution < 1.29 is 19.4 Å². The number of methoxy groups -OCH3 is 1. The van der Waals surface area contributed by atoms with E-state index >= 15 is 0 Å². The van der Waals surface area contributed by atoms with Crippen LogP contribution >= 0.6 is 12.2 Å². The molecule has 8 heteroatoms. The summed E-state index contributed by atoms with van der Waals surface area (Å²) < 4.78 is 5.05. The van der Waals surface area contributed by atoms with Crippen molar-refractivity contribution in [2.24, 2.45) is 0 Å². The molecule has 2 rings (SSSR count). The summed E-state index contributed by atoms with van der Waals surface area (Å²) in [5.41, 5.74) is 1.22. The number of hydrogen-bond donors (Lipinski definition) is 4. The lowest BCUT2D eigenvalue weighted by Crippen LogP contribution is -2.35. The number of para-hydroxylation sites is 1. The number of hydrogen-bond acceptors (Lipinski definition) is 5. The van der Waals surface area contributed by atoms with Gasteiger partial charge in [0, 0.05) is 12.1 Å². The molecule has 0 saturated heterocycles. The van der Waals surface area contributed by atoms with E-state index in [1.54, 1.807) is 55.6 Å². The summed E-state index contributed by atoms with van der Waals surface area (Å²) in [6.45, 7) is -0.0104. The molecule has 2 amide bonds. The lowest BCUT2D eigenvalue weighted by Gasteiger charge is -2.13. The number of thiocarbonyl (C=S) groups is 1. The highest BCUT2D eigenvalue weighted by Crippen LogP contribution is 2.15. The van der Waals surface area contributed by atoms with Crippen molar-refractivity contribution in [1.82, 2.24) is 10.6 Å². The van der Waals surface area contributed by atoms with Crippen LogP contribution < -0.4 is 20.7 Å². The van der Waals surface area contributed by atoms with E-state index in [-0.39, 0.29) is 30.1 Å². The second-order valence-corrected chi connectivity index (χ2v) is 5.57. The first-order valence-corrected chi connectivity index (χ1v) is 8.20. The molecule has 0 aliphatic heterocycles. The average Bonchev–Trinajstić information content (AvgIpc) is 2.66. The molecule has 7 nitrogen and oxygen atoms in total. The fourth-order valence-electron chi connectivity index (χ4n) is 2.13. The Kier molecular flexibility index (Phi) is 7.07. The molecule has 0 aliphatic rings. The summed E-state index contributed by atoms with van der Waals surface area (Å²) in [5, 5.41) is 16.8. The predicted octanol–water partition coefficient (Wildman–Crippen LogP) is 1.54. The summed E-state index contributed by atoms with van der Waals surface area (Å²) in [5.74, 6) is -0.0936. The standard InChI is InChI=1S/C18H19N3O4S/c1-25-13-8-6-12(7-9-13)16(23)21-18(26)20-15-5-3-2-4-14(15)17(24)19-10-11-22/h2-9,22H,10-11H2,1H3,(H,19,24)(H2,20,21,23,26). The van der Waals surface area contributed by atoms with Crippen LogP contribution in [0.25, 0.3) is 0 Å². The minimum absolute atomic E-state index is 0.0632. The van der Waals surface area contributed by atoms with Crippen LogP contribution in [-0.4, -0.2) is 42.3 Å². The third-order valence-corrected chi connectivity index (χ3v) is 3.60. The molecule has 0 heterocycles. The number of amides is 2. The highest BCUT2D eigenvalue weighted by Gasteiger charge is 2.13. The van der Waals surface area contributed by atoms with Crippen molar-refractivity contribution in [3.8, 4) is 5.75 Å². The maximum absolute atomic E-state index is 12.2. The van der Waals surface area contributed by atoms with E-state index < -0.39 is 0 Å². The Labute approximate surface area is 156 Å². The van der Waals surface area contributed by atoms with Gasteiger partial charge in [-0.3, -0.25) is 14.9 Å². The molecule has 0 saturated carbocycles. The Morgan fingerprint density at radius 1 is 1.08 bits per heavy atom. The molecule has 0 aromatic heterocycles. The largest absolute Gasteiger partial charge is 0.497 e. The minimum atomic E-state index is -0.382. The second kappa shape index (κ2) is 9.50. The summed E-state index contributed by atoms with van der Waals surface area (Å²) in [6, 6.07) is 13.3. The number of carbonyl (C=O) groups is 2. The van der Waals surface area contributed by atoms with Crippen molar-refractivity contribution in [3.05, 3.63) is 59.7 Å². The molecule has 0 fully saturated rings. The van der Waals surface area contributed by atoms with E-state index in [1.807, 2.05) is 0 Å². The first-order chi connectivity index (χ1) is 12.5. The molecule has 0 unspecified atom stereocenters. The number of ether oxygens (including phenoxy) is 1. The molecule has 2 aromatic carbocycles. The Hall–Kier alpha value is -2.97. The predicted molar refractivity (Wildman–Crippen MR) is 103 cm³/mol. The van der Waals surface area contributed by atoms with Gasteiger partial charge in [-0.25, -0.2) is 0 Å². The van der Waals surface area contributed by atoms with E-state index in [9.17, 15) is 9.59 Å². The van der Waals surface area contributed by atoms with Crippen molar-refractivity contribution >= 4 is 34.8 Å². The first kappa shape index (κ1) is 19.4. The molecular formula is C18H19N3O4S. The van der Waals surface area contributed by atoms with Gasteiger partial charge >= 0.3 is 0 Å². The van der Waals surface area contributed by atoms with Crippen molar-refractivity contribution in [2.45, 2.75) is 0 Å². The Morgan fingerprint density at radius 2 is 1.77 bits per heavy atom. The van der Waals surface area contributed by atoms with Crippen LogP contribution in [0.2, 0.25) is 0 Å². The van der Waals surface area contributed by atoms with Gasteiger partial charge in [0.1, 0.15) is 5.75 Å². The summed E-state index contributed by atoms with van der Waals surface area (Å²) in [7, 11) is 1.54. The molecule has 0 radical (unpaired) electrons. The van der Waals surface area contributed by atoms with Gasteiger partial charge in [0.25, 0.3) is 11.8 Å². The van der Waals surface area contributed by atoms with E-state index in [0.717, 1.165) is 0 Å². The molecule has 26 heavy (non-hydrogen) atoms. The van der Waals surface area contributed by atoms with E-state index in [0.29, 0.717) is 22.6 Å². The van der Waals surface area contributed by atoms with Crippen molar-refractivity contribution in [1.29, 1.82) is 0 Å². The zero-order valence-electron chi connectivity index (χ0n) is 14.1. The molecule has 2 aromatic rings. The van der Waals surface area contributed by atoms with Gasteiger partial charge in [-0.05, 0) is 48.6 Å². The summed E-state index contributed by atoms with van der Waals surface area (Å²) in [4.78, 5) is 24.3. The number of rotatable bonds is 6. The van der Waals surface area contributed by atoms with Crippen LogP contribution in [-0.2, 0) is 0 Å². The summed E-state index contributed by atoms with van der Waals surface area (Å²) >= 11 is 5.16. The second-order valence-electron chi connectivity index (χ2n) is 5.16. The van der Waals surface area contributed by atoms with Gasteiger partial charge in [-0.1, -0.05) is 12.1 Å². The van der Waals surface area contributed by atoms with E-state index in [2.05, 4.69) is 16.0 Å². The van der Waals surface area contributed by atoms with Gasteiger partial charge in [0.05, 0.1) is 25.0 Å². The zero-order valence-corrected chi connectivity index (χ0v) is 14.9. The summed E-state index contributed by atoms with van der Waals surface area (Å²) in [6.07, 6.45) is 0.